The predicted molar refractivity (Wildman–Crippen MR) is 116 cm³/mol. The largest absolute Gasteiger partial charge is 0.493 e. The number of thiazole rings is 1. The normalized spacial score (nSPS) is 12.0. The third-order valence-corrected chi connectivity index (χ3v) is 5.72. The summed E-state index contributed by atoms with van der Waals surface area (Å²) in [5, 5.41) is 2.53. The Bertz CT molecular complexity index is 1290. The summed E-state index contributed by atoms with van der Waals surface area (Å²) in [5.74, 6) is 0.0337. The van der Waals surface area contributed by atoms with Gasteiger partial charge >= 0.3 is 11.7 Å². The first-order chi connectivity index (χ1) is 15.0. The van der Waals surface area contributed by atoms with Gasteiger partial charge in [-0.25, -0.2) is 14.6 Å². The fourth-order valence-corrected chi connectivity index (χ4v) is 4.10. The van der Waals surface area contributed by atoms with Gasteiger partial charge in [0.2, 0.25) is 0 Å². The number of rotatable bonds is 7. The average Bonchev–Trinajstić information content (AvgIpc) is 3.39. The first-order valence-electron chi connectivity index (χ1n) is 9.46. The maximum atomic E-state index is 12.6. The first-order valence-corrected chi connectivity index (χ1v) is 10.3. The fraction of sp³-hybridized carbons (Fsp3) is 0.227. The van der Waals surface area contributed by atoms with E-state index in [2.05, 4.69) is 4.98 Å². The molecule has 0 amide bonds. The lowest BCUT2D eigenvalue weighted by Gasteiger charge is -2.12. The second-order valence-corrected chi connectivity index (χ2v) is 7.53. The van der Waals surface area contributed by atoms with E-state index >= 15 is 0 Å². The van der Waals surface area contributed by atoms with Crippen LogP contribution in [0, 0.1) is 0 Å². The second-order valence-electron chi connectivity index (χ2n) is 6.67. The molecule has 0 aliphatic heterocycles. The van der Waals surface area contributed by atoms with Crippen molar-refractivity contribution < 1.29 is 23.4 Å². The van der Waals surface area contributed by atoms with Crippen molar-refractivity contribution in [2.24, 2.45) is 0 Å². The van der Waals surface area contributed by atoms with E-state index < -0.39 is 17.8 Å². The number of esters is 1. The SMILES string of the molecule is COc1cccc(-c2nc(COC(=O)[C@@H](C)n3c(=O)oc4ccccc43)cs2)c1OC. The lowest BCUT2D eigenvalue weighted by atomic mass is 10.2. The molecule has 0 saturated heterocycles. The Labute approximate surface area is 181 Å². The van der Waals surface area contributed by atoms with Crippen LogP contribution in [-0.2, 0) is 16.1 Å². The van der Waals surface area contributed by atoms with Crippen LogP contribution in [0.3, 0.4) is 0 Å². The highest BCUT2D eigenvalue weighted by Crippen LogP contribution is 2.39. The maximum absolute atomic E-state index is 12.6. The molecule has 0 unspecified atom stereocenters. The number of carbonyl (C=O) groups excluding carboxylic acids is 1. The molecular formula is C22H20N2O6S. The minimum absolute atomic E-state index is 0.0174. The van der Waals surface area contributed by atoms with Gasteiger partial charge in [0.05, 0.1) is 31.0 Å². The molecule has 0 saturated carbocycles. The molecule has 0 aliphatic carbocycles. The highest BCUT2D eigenvalue weighted by molar-refractivity contribution is 7.13. The molecule has 0 bridgehead atoms. The standard InChI is InChI=1S/C22H20N2O6S/c1-13(24-16-8-4-5-9-17(16)30-22(24)26)21(25)29-11-14-12-31-20(23-14)15-7-6-10-18(27-2)19(15)28-3/h4-10,12-13H,11H2,1-3H3/t13-/m1/s1. The lowest BCUT2D eigenvalue weighted by molar-refractivity contribution is -0.148. The summed E-state index contributed by atoms with van der Waals surface area (Å²) < 4.78 is 22.7. The van der Waals surface area contributed by atoms with E-state index in [9.17, 15) is 9.59 Å². The number of oxazole rings is 1. The van der Waals surface area contributed by atoms with Crippen LogP contribution in [-0.4, -0.2) is 29.7 Å². The molecule has 8 nitrogen and oxygen atoms in total. The molecule has 0 spiro atoms. The van der Waals surface area contributed by atoms with Crippen molar-refractivity contribution >= 4 is 28.4 Å². The van der Waals surface area contributed by atoms with Gasteiger partial charge in [0.25, 0.3) is 0 Å². The molecular weight excluding hydrogens is 420 g/mol. The number of hydrogen-bond acceptors (Lipinski definition) is 8. The van der Waals surface area contributed by atoms with Gasteiger partial charge in [0, 0.05) is 5.38 Å². The molecule has 2 aromatic carbocycles. The monoisotopic (exact) mass is 440 g/mol. The van der Waals surface area contributed by atoms with E-state index in [0.717, 1.165) is 5.56 Å². The summed E-state index contributed by atoms with van der Waals surface area (Å²) in [6, 6.07) is 11.6. The van der Waals surface area contributed by atoms with Gasteiger partial charge in [-0.05, 0) is 31.2 Å². The van der Waals surface area contributed by atoms with Gasteiger partial charge in [-0.2, -0.15) is 0 Å². The Morgan fingerprint density at radius 3 is 2.74 bits per heavy atom. The molecule has 31 heavy (non-hydrogen) atoms. The quantitative estimate of drug-likeness (QED) is 0.401. The Morgan fingerprint density at radius 2 is 1.97 bits per heavy atom. The molecule has 4 rings (SSSR count). The molecule has 0 fully saturated rings. The van der Waals surface area contributed by atoms with Crippen LogP contribution in [0.15, 0.2) is 57.1 Å². The summed E-state index contributed by atoms with van der Waals surface area (Å²) in [6.45, 7) is 1.58. The van der Waals surface area contributed by atoms with Gasteiger partial charge in [-0.15, -0.1) is 11.3 Å². The van der Waals surface area contributed by atoms with Gasteiger partial charge in [0.1, 0.15) is 17.7 Å². The third kappa shape index (κ3) is 3.91. The molecule has 0 aliphatic rings. The van der Waals surface area contributed by atoms with Crippen molar-refractivity contribution in [1.29, 1.82) is 0 Å². The third-order valence-electron chi connectivity index (χ3n) is 4.79. The van der Waals surface area contributed by atoms with Crippen LogP contribution in [0.5, 0.6) is 11.5 Å². The molecule has 160 valence electrons. The van der Waals surface area contributed by atoms with Crippen LogP contribution in [0.2, 0.25) is 0 Å². The molecule has 2 heterocycles. The average molecular weight is 440 g/mol. The summed E-state index contributed by atoms with van der Waals surface area (Å²) in [5.41, 5.74) is 2.34. The molecule has 1 atom stereocenters. The highest BCUT2D eigenvalue weighted by Gasteiger charge is 2.23. The minimum Gasteiger partial charge on any atom is -0.493 e. The lowest BCUT2D eigenvalue weighted by Crippen LogP contribution is -2.26. The number of hydrogen-bond donors (Lipinski definition) is 0. The number of aromatic nitrogens is 2. The summed E-state index contributed by atoms with van der Waals surface area (Å²) in [4.78, 5) is 29.3. The van der Waals surface area contributed by atoms with E-state index in [1.807, 2.05) is 23.6 Å². The van der Waals surface area contributed by atoms with Gasteiger partial charge < -0.3 is 18.6 Å². The van der Waals surface area contributed by atoms with Gasteiger partial charge in [0.15, 0.2) is 17.1 Å². The molecule has 9 heteroatoms. The van der Waals surface area contributed by atoms with Crippen LogP contribution >= 0.6 is 11.3 Å². The first kappa shape index (κ1) is 20.7. The summed E-state index contributed by atoms with van der Waals surface area (Å²) in [6.07, 6.45) is 0. The zero-order valence-corrected chi connectivity index (χ0v) is 18.0. The number of benzene rings is 2. The molecule has 0 N–H and O–H groups in total. The second kappa shape index (κ2) is 8.65. The zero-order valence-electron chi connectivity index (χ0n) is 17.2. The Morgan fingerprint density at radius 1 is 1.16 bits per heavy atom. The number of para-hydroxylation sites is 3. The number of nitrogens with zero attached hydrogens (tertiary/aromatic N) is 2. The van der Waals surface area contributed by atoms with E-state index in [4.69, 9.17) is 18.6 Å². The summed E-state index contributed by atoms with van der Waals surface area (Å²) >= 11 is 1.41. The van der Waals surface area contributed by atoms with Crippen molar-refractivity contribution in [3.8, 4) is 22.1 Å². The van der Waals surface area contributed by atoms with Crippen LogP contribution < -0.4 is 15.2 Å². The van der Waals surface area contributed by atoms with Crippen molar-refractivity contribution in [1.82, 2.24) is 9.55 Å². The van der Waals surface area contributed by atoms with Crippen molar-refractivity contribution in [3.63, 3.8) is 0 Å². The molecule has 2 aromatic heterocycles. The van der Waals surface area contributed by atoms with E-state index in [1.54, 1.807) is 45.4 Å². The van der Waals surface area contributed by atoms with Crippen molar-refractivity contribution in [2.75, 3.05) is 14.2 Å². The predicted octanol–water partition coefficient (Wildman–Crippen LogP) is 4.04. The van der Waals surface area contributed by atoms with Crippen molar-refractivity contribution in [2.45, 2.75) is 19.6 Å². The van der Waals surface area contributed by atoms with Crippen LogP contribution in [0.25, 0.3) is 21.7 Å². The maximum Gasteiger partial charge on any atom is 0.420 e. The molecule has 4 aromatic rings. The van der Waals surface area contributed by atoms with E-state index in [1.165, 1.54) is 15.9 Å². The number of ether oxygens (including phenoxy) is 3. The van der Waals surface area contributed by atoms with Crippen LogP contribution in [0.1, 0.15) is 18.7 Å². The minimum atomic E-state index is -0.840. The topological polar surface area (TPSA) is 92.8 Å². The Balaban J connectivity index is 1.49. The van der Waals surface area contributed by atoms with E-state index in [-0.39, 0.29) is 6.61 Å². The number of fused-ring (bicyclic) bond motifs is 1. The smallest absolute Gasteiger partial charge is 0.420 e. The van der Waals surface area contributed by atoms with E-state index in [0.29, 0.717) is 33.3 Å². The number of methoxy groups -OCH3 is 2. The Kier molecular flexibility index (Phi) is 5.77. The fourth-order valence-electron chi connectivity index (χ4n) is 3.27. The zero-order chi connectivity index (χ0) is 22.0. The van der Waals surface area contributed by atoms with Gasteiger partial charge in [-0.3, -0.25) is 4.57 Å². The van der Waals surface area contributed by atoms with Gasteiger partial charge in [-0.1, -0.05) is 18.2 Å². The number of carbonyl (C=O) groups is 1. The molecule has 0 radical (unpaired) electrons. The van der Waals surface area contributed by atoms with Crippen LogP contribution in [0.4, 0.5) is 0 Å². The highest BCUT2D eigenvalue weighted by atomic mass is 32.1. The summed E-state index contributed by atoms with van der Waals surface area (Å²) in [7, 11) is 3.14. The Hall–Kier alpha value is -3.59. The van der Waals surface area contributed by atoms with Crippen molar-refractivity contribution in [3.05, 3.63) is 64.1 Å².